The third-order valence-electron chi connectivity index (χ3n) is 2.20. The molecule has 102 valence electrons. The molecule has 0 atom stereocenters. The first kappa shape index (κ1) is 15.3. The van der Waals surface area contributed by atoms with Gasteiger partial charge in [-0.3, -0.25) is 0 Å². The Morgan fingerprint density at radius 2 is 1.90 bits per heavy atom. The van der Waals surface area contributed by atoms with E-state index in [0.29, 0.717) is 0 Å². The number of hydrogen-bond acceptors (Lipinski definition) is 5. The maximum absolute atomic E-state index is 11.9. The van der Waals surface area contributed by atoms with Gasteiger partial charge in [0, 0.05) is 5.56 Å². The van der Waals surface area contributed by atoms with Gasteiger partial charge in [-0.05, 0) is 45.0 Å². The Morgan fingerprint density at radius 3 is 2.40 bits per heavy atom. The summed E-state index contributed by atoms with van der Waals surface area (Å²) in [5.74, 6) is -0.664. The summed E-state index contributed by atoms with van der Waals surface area (Å²) < 4.78 is 5.20. The Balaban J connectivity index is 3.17. The monoisotopic (exact) mass is 270 g/mol. The van der Waals surface area contributed by atoms with Crippen molar-refractivity contribution < 1.29 is 14.6 Å². The van der Waals surface area contributed by atoms with Gasteiger partial charge in [-0.1, -0.05) is 0 Å². The minimum Gasteiger partial charge on any atom is -0.507 e. The molecule has 0 fully saturated rings. The van der Waals surface area contributed by atoms with Crippen LogP contribution in [0.4, 0.5) is 0 Å². The average molecular weight is 270 g/mol. The number of phenolic OH excluding ortho intramolecular Hbond substituents is 1. The van der Waals surface area contributed by atoms with Crippen LogP contribution in [0, 0.1) is 22.7 Å². The second-order valence-corrected chi connectivity index (χ2v) is 5.06. The highest BCUT2D eigenvalue weighted by atomic mass is 16.6. The van der Waals surface area contributed by atoms with Crippen molar-refractivity contribution in [1.29, 1.82) is 10.5 Å². The standard InChI is InChI=1S/C15H14N2O3/c1-15(2,3)20-14(19)11-4-5-13(18)12(7-11)6-10(8-16)9-17/h4-7,18H,1-3H3. The topological polar surface area (TPSA) is 94.1 Å². The summed E-state index contributed by atoms with van der Waals surface area (Å²) in [6, 6.07) is 7.48. The van der Waals surface area contributed by atoms with E-state index in [9.17, 15) is 9.90 Å². The van der Waals surface area contributed by atoms with Gasteiger partial charge in [-0.2, -0.15) is 10.5 Å². The van der Waals surface area contributed by atoms with Gasteiger partial charge in [0.1, 0.15) is 29.1 Å². The lowest BCUT2D eigenvalue weighted by Crippen LogP contribution is -2.23. The van der Waals surface area contributed by atoms with Crippen molar-refractivity contribution in [2.24, 2.45) is 0 Å². The van der Waals surface area contributed by atoms with Gasteiger partial charge in [-0.15, -0.1) is 0 Å². The summed E-state index contributed by atoms with van der Waals surface area (Å²) in [6.07, 6.45) is 1.21. The van der Waals surface area contributed by atoms with Crippen LogP contribution in [0.5, 0.6) is 5.75 Å². The fourth-order valence-corrected chi connectivity index (χ4v) is 1.38. The molecule has 0 spiro atoms. The quantitative estimate of drug-likeness (QED) is 0.658. The van der Waals surface area contributed by atoms with Gasteiger partial charge in [-0.25, -0.2) is 4.79 Å². The Kier molecular flexibility index (Phi) is 4.50. The molecule has 0 saturated carbocycles. The number of carbonyl (C=O) groups excluding carboxylic acids is 1. The second kappa shape index (κ2) is 5.90. The van der Waals surface area contributed by atoms with Gasteiger partial charge in [0.15, 0.2) is 0 Å². The molecule has 0 amide bonds. The Morgan fingerprint density at radius 1 is 1.30 bits per heavy atom. The molecule has 1 aromatic carbocycles. The zero-order valence-electron chi connectivity index (χ0n) is 11.5. The number of benzene rings is 1. The van der Waals surface area contributed by atoms with E-state index >= 15 is 0 Å². The van der Waals surface area contributed by atoms with E-state index < -0.39 is 11.6 Å². The fraction of sp³-hybridized carbons (Fsp3) is 0.267. The third-order valence-corrected chi connectivity index (χ3v) is 2.20. The molecule has 5 heteroatoms. The SMILES string of the molecule is CC(C)(C)OC(=O)c1ccc(O)c(C=C(C#N)C#N)c1. The summed E-state index contributed by atoms with van der Waals surface area (Å²) in [5.41, 5.74) is -0.345. The summed E-state index contributed by atoms with van der Waals surface area (Å²) in [7, 11) is 0. The van der Waals surface area contributed by atoms with Crippen molar-refractivity contribution >= 4 is 12.0 Å². The van der Waals surface area contributed by atoms with E-state index in [2.05, 4.69) is 0 Å². The number of allylic oxidation sites excluding steroid dienone is 1. The zero-order valence-corrected chi connectivity index (χ0v) is 11.5. The van der Waals surface area contributed by atoms with E-state index in [0.717, 1.165) is 0 Å². The molecule has 0 aromatic heterocycles. The Hall–Kier alpha value is -2.79. The number of nitrogens with zero attached hydrogens (tertiary/aromatic N) is 2. The van der Waals surface area contributed by atoms with Crippen molar-refractivity contribution in [2.75, 3.05) is 0 Å². The smallest absolute Gasteiger partial charge is 0.338 e. The molecule has 0 aliphatic heterocycles. The predicted molar refractivity (Wildman–Crippen MR) is 72.5 cm³/mol. The van der Waals surface area contributed by atoms with E-state index in [1.807, 2.05) is 0 Å². The molecule has 0 saturated heterocycles. The predicted octanol–water partition coefficient (Wildman–Crippen LogP) is 2.78. The molecule has 1 aromatic rings. The number of hydrogen-bond donors (Lipinski definition) is 1. The zero-order chi connectivity index (χ0) is 15.3. The van der Waals surface area contributed by atoms with Crippen LogP contribution in [0.15, 0.2) is 23.8 Å². The van der Waals surface area contributed by atoms with Crippen molar-refractivity contribution in [2.45, 2.75) is 26.4 Å². The molecule has 5 nitrogen and oxygen atoms in total. The molecule has 0 aliphatic carbocycles. The molecule has 0 radical (unpaired) electrons. The highest BCUT2D eigenvalue weighted by Gasteiger charge is 2.18. The number of carbonyl (C=O) groups is 1. The van der Waals surface area contributed by atoms with Gasteiger partial charge >= 0.3 is 5.97 Å². The third kappa shape index (κ3) is 4.15. The van der Waals surface area contributed by atoms with Crippen LogP contribution in [0.1, 0.15) is 36.7 Å². The number of rotatable bonds is 2. The van der Waals surface area contributed by atoms with Crippen molar-refractivity contribution in [3.05, 3.63) is 34.9 Å². The molecule has 0 unspecified atom stereocenters. The lowest BCUT2D eigenvalue weighted by molar-refractivity contribution is 0.00695. The van der Waals surface area contributed by atoms with Gasteiger partial charge in [0.2, 0.25) is 0 Å². The molecular formula is C15H14N2O3. The molecule has 1 N–H and O–H groups in total. The van der Waals surface area contributed by atoms with Gasteiger partial charge in [0.25, 0.3) is 0 Å². The van der Waals surface area contributed by atoms with E-state index in [1.54, 1.807) is 32.9 Å². The molecule has 1 rings (SSSR count). The highest BCUT2D eigenvalue weighted by Crippen LogP contribution is 2.22. The van der Waals surface area contributed by atoms with E-state index in [1.165, 1.54) is 24.3 Å². The van der Waals surface area contributed by atoms with Crippen LogP contribution in [0.25, 0.3) is 6.08 Å². The number of nitriles is 2. The molecule has 20 heavy (non-hydrogen) atoms. The summed E-state index contributed by atoms with van der Waals surface area (Å²) in [5, 5.41) is 27.1. The largest absolute Gasteiger partial charge is 0.507 e. The molecular weight excluding hydrogens is 256 g/mol. The van der Waals surface area contributed by atoms with Gasteiger partial charge < -0.3 is 9.84 Å². The molecule has 0 heterocycles. The number of esters is 1. The average Bonchev–Trinajstić information content (AvgIpc) is 2.35. The first-order chi connectivity index (χ1) is 9.26. The lowest BCUT2D eigenvalue weighted by Gasteiger charge is -2.19. The van der Waals surface area contributed by atoms with Crippen molar-refractivity contribution in [3.8, 4) is 17.9 Å². The number of phenols is 1. The first-order valence-corrected chi connectivity index (χ1v) is 5.85. The maximum Gasteiger partial charge on any atom is 0.338 e. The van der Waals surface area contributed by atoms with E-state index in [4.69, 9.17) is 15.3 Å². The first-order valence-electron chi connectivity index (χ1n) is 5.85. The normalized spacial score (nSPS) is 10.1. The minimum absolute atomic E-state index is 0.125. The van der Waals surface area contributed by atoms with Crippen LogP contribution < -0.4 is 0 Å². The number of aromatic hydroxyl groups is 1. The highest BCUT2D eigenvalue weighted by molar-refractivity contribution is 5.91. The Labute approximate surface area is 117 Å². The summed E-state index contributed by atoms with van der Waals surface area (Å²) >= 11 is 0. The summed E-state index contributed by atoms with van der Waals surface area (Å²) in [6.45, 7) is 5.24. The van der Waals surface area contributed by atoms with Crippen LogP contribution in [-0.2, 0) is 4.74 Å². The van der Waals surface area contributed by atoms with Crippen LogP contribution in [-0.4, -0.2) is 16.7 Å². The fourth-order valence-electron chi connectivity index (χ4n) is 1.38. The van der Waals surface area contributed by atoms with Crippen molar-refractivity contribution in [3.63, 3.8) is 0 Å². The van der Waals surface area contributed by atoms with Crippen LogP contribution in [0.2, 0.25) is 0 Å². The van der Waals surface area contributed by atoms with Gasteiger partial charge in [0.05, 0.1) is 5.56 Å². The van der Waals surface area contributed by atoms with Crippen LogP contribution >= 0.6 is 0 Å². The minimum atomic E-state index is -0.630. The van der Waals surface area contributed by atoms with Crippen molar-refractivity contribution in [1.82, 2.24) is 0 Å². The Bertz CT molecular complexity index is 625. The lowest BCUT2D eigenvalue weighted by atomic mass is 10.1. The van der Waals surface area contributed by atoms with Crippen LogP contribution in [0.3, 0.4) is 0 Å². The second-order valence-electron chi connectivity index (χ2n) is 5.06. The molecule has 0 bridgehead atoms. The summed E-state index contributed by atoms with van der Waals surface area (Å²) in [4.78, 5) is 11.9. The molecule has 0 aliphatic rings. The number of ether oxygens (including phenoxy) is 1. The maximum atomic E-state index is 11.9. The van der Waals surface area contributed by atoms with E-state index in [-0.39, 0.29) is 22.4 Å².